The summed E-state index contributed by atoms with van der Waals surface area (Å²) in [5.41, 5.74) is 3.86. The van der Waals surface area contributed by atoms with Gasteiger partial charge in [0.1, 0.15) is 0 Å². The van der Waals surface area contributed by atoms with E-state index >= 15 is 0 Å². The molecule has 0 amide bonds. The van der Waals surface area contributed by atoms with Gasteiger partial charge in [-0.25, -0.2) is 0 Å². The first-order chi connectivity index (χ1) is 7.25. The predicted octanol–water partition coefficient (Wildman–Crippen LogP) is 1.87. The summed E-state index contributed by atoms with van der Waals surface area (Å²) in [5.74, 6) is 1.74. The molecule has 3 heteroatoms. The molecular formula is C12H13NO2. The third-order valence-electron chi connectivity index (χ3n) is 2.87. The summed E-state index contributed by atoms with van der Waals surface area (Å²) >= 11 is 0. The lowest BCUT2D eigenvalue weighted by Crippen LogP contribution is -2.08. The van der Waals surface area contributed by atoms with Crippen LogP contribution >= 0.6 is 0 Å². The zero-order valence-electron chi connectivity index (χ0n) is 8.91. The maximum Gasteiger partial charge on any atom is 0.231 e. The van der Waals surface area contributed by atoms with E-state index in [-0.39, 0.29) is 0 Å². The van der Waals surface area contributed by atoms with Gasteiger partial charge in [0.05, 0.1) is 0 Å². The number of nitrogens with zero attached hydrogens (tertiary/aromatic N) is 1. The lowest BCUT2D eigenvalue weighted by molar-refractivity contribution is 0.174. The molecule has 0 atom stereocenters. The van der Waals surface area contributed by atoms with Crippen LogP contribution in [0.3, 0.4) is 0 Å². The van der Waals surface area contributed by atoms with Crippen molar-refractivity contribution in [1.29, 1.82) is 0 Å². The highest BCUT2D eigenvalue weighted by atomic mass is 16.7. The van der Waals surface area contributed by atoms with Crippen molar-refractivity contribution in [3.63, 3.8) is 0 Å². The van der Waals surface area contributed by atoms with Crippen LogP contribution in [0.4, 0.5) is 0 Å². The van der Waals surface area contributed by atoms with Crippen LogP contribution in [0.15, 0.2) is 18.2 Å². The highest BCUT2D eigenvalue weighted by Gasteiger charge is 2.22. The Balaban J connectivity index is 2.10. The fourth-order valence-electron chi connectivity index (χ4n) is 2.13. The molecular weight excluding hydrogens is 190 g/mol. The molecule has 1 aliphatic heterocycles. The molecule has 0 aromatic heterocycles. The van der Waals surface area contributed by atoms with Gasteiger partial charge in [-0.3, -0.25) is 0 Å². The maximum atomic E-state index is 5.38. The Bertz CT molecular complexity index is 449. The number of allylic oxidation sites excluding steroid dienone is 1. The van der Waals surface area contributed by atoms with Crippen LogP contribution in [-0.2, 0) is 6.42 Å². The normalized spacial score (nSPS) is 16.3. The molecule has 15 heavy (non-hydrogen) atoms. The average Bonchev–Trinajstić information content (AvgIpc) is 2.77. The molecule has 0 radical (unpaired) electrons. The fraction of sp³-hybridized carbons (Fsp3) is 0.333. The highest BCUT2D eigenvalue weighted by molar-refractivity contribution is 5.74. The van der Waals surface area contributed by atoms with Crippen molar-refractivity contribution in [2.45, 2.75) is 6.42 Å². The topological polar surface area (TPSA) is 21.7 Å². The number of fused-ring (bicyclic) bond motifs is 2. The average molecular weight is 203 g/mol. The molecule has 2 aliphatic rings. The second-order valence-electron chi connectivity index (χ2n) is 4.05. The van der Waals surface area contributed by atoms with E-state index in [1.165, 1.54) is 16.8 Å². The van der Waals surface area contributed by atoms with Crippen LogP contribution in [-0.4, -0.2) is 25.8 Å². The molecule has 0 unspecified atom stereocenters. The van der Waals surface area contributed by atoms with Crippen molar-refractivity contribution >= 4 is 5.70 Å². The third kappa shape index (κ3) is 1.19. The van der Waals surface area contributed by atoms with Gasteiger partial charge in [-0.05, 0) is 24.1 Å². The minimum atomic E-state index is 0.346. The smallest absolute Gasteiger partial charge is 0.231 e. The summed E-state index contributed by atoms with van der Waals surface area (Å²) in [6, 6.07) is 4.17. The molecule has 0 saturated carbocycles. The minimum Gasteiger partial charge on any atom is -0.454 e. The summed E-state index contributed by atoms with van der Waals surface area (Å²) in [7, 11) is 4.12. The first kappa shape index (κ1) is 8.65. The van der Waals surface area contributed by atoms with Gasteiger partial charge in [-0.1, -0.05) is 6.08 Å². The van der Waals surface area contributed by atoms with Crippen LogP contribution in [0, 0.1) is 0 Å². The van der Waals surface area contributed by atoms with Crippen molar-refractivity contribution < 1.29 is 9.47 Å². The Labute approximate surface area is 88.9 Å². The molecule has 1 aliphatic carbocycles. The third-order valence-corrected chi connectivity index (χ3v) is 2.87. The molecule has 1 aromatic rings. The largest absolute Gasteiger partial charge is 0.454 e. The summed E-state index contributed by atoms with van der Waals surface area (Å²) in [6.45, 7) is 0.346. The molecule has 0 spiro atoms. The number of rotatable bonds is 1. The number of ether oxygens (including phenoxy) is 2. The van der Waals surface area contributed by atoms with E-state index in [1.54, 1.807) is 0 Å². The second-order valence-corrected chi connectivity index (χ2v) is 4.05. The van der Waals surface area contributed by atoms with Crippen molar-refractivity contribution in [3.05, 3.63) is 29.3 Å². The highest BCUT2D eigenvalue weighted by Crippen LogP contribution is 2.40. The van der Waals surface area contributed by atoms with E-state index in [2.05, 4.69) is 37.2 Å². The van der Waals surface area contributed by atoms with Crippen molar-refractivity contribution in [1.82, 2.24) is 4.90 Å². The molecule has 0 N–H and O–H groups in total. The molecule has 1 aromatic carbocycles. The number of hydrogen-bond donors (Lipinski definition) is 0. The lowest BCUT2D eigenvalue weighted by Gasteiger charge is -2.15. The zero-order chi connectivity index (χ0) is 10.4. The Kier molecular flexibility index (Phi) is 1.69. The molecule has 1 heterocycles. The Morgan fingerprint density at radius 3 is 2.60 bits per heavy atom. The number of hydrogen-bond acceptors (Lipinski definition) is 3. The standard InChI is InChI=1S/C12H13NO2/c1-13(2)10-4-3-8-5-11-12(6-9(8)10)15-7-14-11/h4-6H,3,7H2,1-2H3. The van der Waals surface area contributed by atoms with Gasteiger partial charge in [-0.15, -0.1) is 0 Å². The maximum absolute atomic E-state index is 5.38. The first-order valence-electron chi connectivity index (χ1n) is 5.06. The molecule has 78 valence electrons. The van der Waals surface area contributed by atoms with E-state index in [4.69, 9.17) is 9.47 Å². The Morgan fingerprint density at radius 2 is 1.87 bits per heavy atom. The lowest BCUT2D eigenvalue weighted by atomic mass is 10.1. The first-order valence-corrected chi connectivity index (χ1v) is 5.06. The predicted molar refractivity (Wildman–Crippen MR) is 57.9 cm³/mol. The second kappa shape index (κ2) is 2.92. The van der Waals surface area contributed by atoms with Crippen LogP contribution in [0.1, 0.15) is 11.1 Å². The monoisotopic (exact) mass is 203 g/mol. The van der Waals surface area contributed by atoms with Gasteiger partial charge >= 0.3 is 0 Å². The van der Waals surface area contributed by atoms with E-state index in [1.807, 2.05) is 0 Å². The van der Waals surface area contributed by atoms with Crippen molar-refractivity contribution in [2.75, 3.05) is 20.9 Å². The van der Waals surface area contributed by atoms with E-state index in [0.717, 1.165) is 17.9 Å². The number of benzene rings is 1. The van der Waals surface area contributed by atoms with E-state index < -0.39 is 0 Å². The van der Waals surface area contributed by atoms with Gasteiger partial charge in [0.2, 0.25) is 6.79 Å². The summed E-state index contributed by atoms with van der Waals surface area (Å²) in [6.07, 6.45) is 3.22. The fourth-order valence-corrected chi connectivity index (χ4v) is 2.13. The van der Waals surface area contributed by atoms with Gasteiger partial charge < -0.3 is 14.4 Å². The zero-order valence-corrected chi connectivity index (χ0v) is 8.91. The molecule has 0 bridgehead atoms. The van der Waals surface area contributed by atoms with Gasteiger partial charge in [-0.2, -0.15) is 0 Å². The molecule has 0 fully saturated rings. The summed E-state index contributed by atoms with van der Waals surface area (Å²) < 4.78 is 10.7. The Hall–Kier alpha value is -1.64. The molecule has 3 nitrogen and oxygen atoms in total. The molecule has 3 rings (SSSR count). The van der Waals surface area contributed by atoms with Crippen LogP contribution in [0.5, 0.6) is 11.5 Å². The summed E-state index contributed by atoms with van der Waals surface area (Å²) in [4.78, 5) is 2.13. The SMILES string of the molecule is CN(C)C1=CCc2cc3c(cc21)OCO3. The van der Waals surface area contributed by atoms with Crippen LogP contribution in [0.2, 0.25) is 0 Å². The van der Waals surface area contributed by atoms with Crippen LogP contribution < -0.4 is 9.47 Å². The molecule has 0 saturated heterocycles. The summed E-state index contributed by atoms with van der Waals surface area (Å²) in [5, 5.41) is 0. The quantitative estimate of drug-likeness (QED) is 0.695. The Morgan fingerprint density at radius 1 is 1.13 bits per heavy atom. The minimum absolute atomic E-state index is 0.346. The van der Waals surface area contributed by atoms with Gasteiger partial charge in [0.25, 0.3) is 0 Å². The van der Waals surface area contributed by atoms with Gasteiger partial charge in [0, 0.05) is 25.4 Å². The van der Waals surface area contributed by atoms with Gasteiger partial charge in [0.15, 0.2) is 11.5 Å². The van der Waals surface area contributed by atoms with Crippen molar-refractivity contribution in [3.8, 4) is 11.5 Å². The van der Waals surface area contributed by atoms with E-state index in [9.17, 15) is 0 Å². The van der Waals surface area contributed by atoms with E-state index in [0.29, 0.717) is 6.79 Å². The van der Waals surface area contributed by atoms with Crippen LogP contribution in [0.25, 0.3) is 5.70 Å². The van der Waals surface area contributed by atoms with Crippen molar-refractivity contribution in [2.24, 2.45) is 0 Å².